The highest BCUT2D eigenvalue weighted by molar-refractivity contribution is 5.81. The summed E-state index contributed by atoms with van der Waals surface area (Å²) in [5, 5.41) is 21.0. The molecular weight excluding hydrogens is 266 g/mol. The van der Waals surface area contributed by atoms with Crippen molar-refractivity contribution >= 4 is 12.0 Å². The van der Waals surface area contributed by atoms with Crippen molar-refractivity contribution in [3.63, 3.8) is 0 Å². The number of ether oxygens (including phenoxy) is 1. The second-order valence-corrected chi connectivity index (χ2v) is 4.09. The summed E-state index contributed by atoms with van der Waals surface area (Å²) in [6.07, 6.45) is -0.723. The number of aromatic hydroxyl groups is 2. The lowest BCUT2D eigenvalue weighted by Gasteiger charge is -2.12. The van der Waals surface area contributed by atoms with Gasteiger partial charge in [-0.3, -0.25) is 4.79 Å². The average Bonchev–Trinajstić information content (AvgIpc) is 2.38. The van der Waals surface area contributed by atoms with Crippen molar-refractivity contribution in [1.29, 1.82) is 0 Å². The fraction of sp³-hybridized carbons (Fsp3) is 0.333. The molecule has 0 aromatic heterocycles. The molecule has 0 saturated carbocycles. The highest BCUT2D eigenvalue weighted by Gasteiger charge is 2.14. The molecule has 0 aliphatic rings. The lowest BCUT2D eigenvalue weighted by molar-refractivity contribution is -0.122. The quantitative estimate of drug-likeness (QED) is 0.340. The Morgan fingerprint density at radius 3 is 2.60 bits per heavy atom. The van der Waals surface area contributed by atoms with Crippen LogP contribution < -0.4 is 16.8 Å². The maximum Gasteiger partial charge on any atom is 0.404 e. The molecule has 1 rings (SSSR count). The Balaban J connectivity index is 2.41. The van der Waals surface area contributed by atoms with Crippen LogP contribution in [0.15, 0.2) is 18.2 Å². The molecule has 0 heterocycles. The second-order valence-electron chi connectivity index (χ2n) is 4.09. The first-order valence-electron chi connectivity index (χ1n) is 5.86. The zero-order valence-electron chi connectivity index (χ0n) is 10.7. The van der Waals surface area contributed by atoms with Crippen molar-refractivity contribution in [2.24, 2.45) is 11.5 Å². The number of benzene rings is 1. The molecule has 1 atom stereocenters. The van der Waals surface area contributed by atoms with Gasteiger partial charge in [-0.1, -0.05) is 6.07 Å². The van der Waals surface area contributed by atoms with E-state index in [1.54, 1.807) is 6.07 Å². The largest absolute Gasteiger partial charge is 0.504 e. The van der Waals surface area contributed by atoms with Crippen LogP contribution in [-0.2, 0) is 16.0 Å². The summed E-state index contributed by atoms with van der Waals surface area (Å²) < 4.78 is 4.44. The van der Waals surface area contributed by atoms with Gasteiger partial charge in [0.25, 0.3) is 0 Å². The lowest BCUT2D eigenvalue weighted by atomic mass is 10.1. The van der Waals surface area contributed by atoms with Gasteiger partial charge in [0.2, 0.25) is 5.91 Å². The van der Waals surface area contributed by atoms with Crippen LogP contribution in [0.2, 0.25) is 0 Å². The van der Waals surface area contributed by atoms with Crippen LogP contribution in [0.25, 0.3) is 0 Å². The summed E-state index contributed by atoms with van der Waals surface area (Å²) in [6.45, 7) is 0.0735. The van der Waals surface area contributed by atoms with Gasteiger partial charge in [0.1, 0.15) is 6.61 Å². The minimum atomic E-state index is -0.914. The first kappa shape index (κ1) is 15.6. The summed E-state index contributed by atoms with van der Waals surface area (Å²) in [6, 6.07) is 3.38. The third-order valence-corrected chi connectivity index (χ3v) is 2.48. The molecule has 0 fully saturated rings. The molecule has 0 bridgehead atoms. The number of primary amides is 1. The molecule has 1 aromatic rings. The van der Waals surface area contributed by atoms with Gasteiger partial charge < -0.3 is 31.7 Å². The fourth-order valence-electron chi connectivity index (χ4n) is 1.50. The summed E-state index contributed by atoms with van der Waals surface area (Å²) >= 11 is 0. The maximum atomic E-state index is 11.6. The number of rotatable bonds is 6. The van der Waals surface area contributed by atoms with Crippen LogP contribution in [-0.4, -0.2) is 41.4 Å². The van der Waals surface area contributed by atoms with Gasteiger partial charge >= 0.3 is 6.09 Å². The summed E-state index contributed by atoms with van der Waals surface area (Å²) in [5.41, 5.74) is 11.1. The molecule has 0 spiro atoms. The molecule has 2 amide bonds. The first-order valence-corrected chi connectivity index (χ1v) is 5.86. The minimum Gasteiger partial charge on any atom is -0.504 e. The maximum absolute atomic E-state index is 11.6. The number of nitrogens with two attached hydrogens (primary N) is 2. The molecule has 8 heteroatoms. The Morgan fingerprint density at radius 2 is 2.00 bits per heavy atom. The first-order chi connectivity index (χ1) is 9.40. The molecule has 0 aliphatic heterocycles. The molecule has 110 valence electrons. The SMILES string of the molecule is NC(=O)OCCNC(=O)[C@@H](N)Cc1ccc(O)c(O)c1. The van der Waals surface area contributed by atoms with Crippen molar-refractivity contribution in [1.82, 2.24) is 5.32 Å². The number of amides is 2. The van der Waals surface area contributed by atoms with Gasteiger partial charge in [0.15, 0.2) is 11.5 Å². The molecule has 7 N–H and O–H groups in total. The van der Waals surface area contributed by atoms with E-state index in [9.17, 15) is 14.7 Å². The Hall–Kier alpha value is -2.48. The molecule has 8 nitrogen and oxygen atoms in total. The van der Waals surface area contributed by atoms with E-state index in [1.807, 2.05) is 0 Å². The Morgan fingerprint density at radius 1 is 1.30 bits per heavy atom. The van der Waals surface area contributed by atoms with E-state index in [4.69, 9.17) is 16.6 Å². The van der Waals surface area contributed by atoms with E-state index in [-0.39, 0.29) is 31.1 Å². The van der Waals surface area contributed by atoms with Crippen molar-refractivity contribution < 1.29 is 24.5 Å². The van der Waals surface area contributed by atoms with Crippen molar-refractivity contribution in [3.8, 4) is 11.5 Å². The van der Waals surface area contributed by atoms with Crippen molar-refractivity contribution in [2.75, 3.05) is 13.2 Å². The molecular formula is C12H17N3O5. The lowest BCUT2D eigenvalue weighted by Crippen LogP contribution is -2.43. The number of phenols is 2. The Kier molecular flexibility index (Phi) is 5.60. The molecule has 1 aromatic carbocycles. The normalized spacial score (nSPS) is 11.7. The number of carbonyl (C=O) groups excluding carboxylic acids is 2. The molecule has 0 saturated heterocycles. The number of phenolic OH excluding ortho intramolecular Hbond substituents is 2. The van der Waals surface area contributed by atoms with Gasteiger partial charge in [-0.25, -0.2) is 4.79 Å². The van der Waals surface area contributed by atoms with E-state index in [0.29, 0.717) is 5.56 Å². The van der Waals surface area contributed by atoms with E-state index in [1.165, 1.54) is 12.1 Å². The second kappa shape index (κ2) is 7.19. The van der Waals surface area contributed by atoms with Crippen LogP contribution in [0.1, 0.15) is 5.56 Å². The predicted octanol–water partition coefficient (Wildman–Crippen LogP) is -0.821. The van der Waals surface area contributed by atoms with Crippen LogP contribution in [0.4, 0.5) is 4.79 Å². The molecule has 20 heavy (non-hydrogen) atoms. The smallest absolute Gasteiger partial charge is 0.404 e. The van der Waals surface area contributed by atoms with Gasteiger partial charge in [0, 0.05) is 0 Å². The Labute approximate surface area is 115 Å². The zero-order chi connectivity index (χ0) is 15.1. The minimum absolute atomic E-state index is 0.0339. The van der Waals surface area contributed by atoms with Crippen LogP contribution >= 0.6 is 0 Å². The van der Waals surface area contributed by atoms with E-state index in [0.717, 1.165) is 0 Å². The topological polar surface area (TPSA) is 148 Å². The molecule has 0 unspecified atom stereocenters. The molecule has 0 radical (unpaired) electrons. The van der Waals surface area contributed by atoms with Crippen molar-refractivity contribution in [3.05, 3.63) is 23.8 Å². The Bertz CT molecular complexity index is 492. The van der Waals surface area contributed by atoms with E-state index in [2.05, 4.69) is 10.1 Å². The standard InChI is InChI=1S/C12H17N3O5/c13-8(11(18)15-3-4-20-12(14)19)5-7-1-2-9(16)10(17)6-7/h1-2,6,8,16-17H,3-5,13H2,(H2,14,19)(H,15,18)/t8-/m0/s1. The zero-order valence-corrected chi connectivity index (χ0v) is 10.7. The van der Waals surface area contributed by atoms with Crippen molar-refractivity contribution in [2.45, 2.75) is 12.5 Å². The van der Waals surface area contributed by atoms with Gasteiger partial charge in [-0.2, -0.15) is 0 Å². The number of hydrogen-bond donors (Lipinski definition) is 5. The van der Waals surface area contributed by atoms with E-state index >= 15 is 0 Å². The fourth-order valence-corrected chi connectivity index (χ4v) is 1.50. The average molecular weight is 283 g/mol. The van der Waals surface area contributed by atoms with Gasteiger partial charge in [-0.15, -0.1) is 0 Å². The third kappa shape index (κ3) is 5.02. The number of hydrogen-bond acceptors (Lipinski definition) is 6. The number of nitrogens with one attached hydrogen (secondary N) is 1. The van der Waals surface area contributed by atoms with E-state index < -0.39 is 18.0 Å². The number of carbonyl (C=O) groups is 2. The van der Waals surface area contributed by atoms with Crippen LogP contribution in [0.5, 0.6) is 11.5 Å². The van der Waals surface area contributed by atoms with Crippen LogP contribution in [0.3, 0.4) is 0 Å². The predicted molar refractivity (Wildman–Crippen MR) is 70.0 cm³/mol. The summed E-state index contributed by atoms with van der Waals surface area (Å²) in [7, 11) is 0. The van der Waals surface area contributed by atoms with Gasteiger partial charge in [-0.05, 0) is 24.1 Å². The third-order valence-electron chi connectivity index (χ3n) is 2.48. The highest BCUT2D eigenvalue weighted by atomic mass is 16.5. The van der Waals surface area contributed by atoms with Gasteiger partial charge in [0.05, 0.1) is 12.6 Å². The van der Waals surface area contributed by atoms with Crippen LogP contribution in [0, 0.1) is 0 Å². The monoisotopic (exact) mass is 283 g/mol. The molecule has 0 aliphatic carbocycles. The summed E-state index contributed by atoms with van der Waals surface area (Å²) in [5.74, 6) is -0.939. The summed E-state index contributed by atoms with van der Waals surface area (Å²) in [4.78, 5) is 21.9. The highest BCUT2D eigenvalue weighted by Crippen LogP contribution is 2.25.